The highest BCUT2D eigenvalue weighted by molar-refractivity contribution is 5.94. The Morgan fingerprint density at radius 2 is 1.77 bits per heavy atom. The molecule has 0 bridgehead atoms. The molecule has 1 aliphatic carbocycles. The van der Waals surface area contributed by atoms with Gasteiger partial charge < -0.3 is 15.0 Å². The number of carbonyl (C=O) groups is 3. The van der Waals surface area contributed by atoms with Crippen molar-refractivity contribution in [3.63, 3.8) is 0 Å². The molecule has 1 amide bonds. The van der Waals surface area contributed by atoms with Gasteiger partial charge in [-0.2, -0.15) is 31.4 Å². The van der Waals surface area contributed by atoms with Crippen LogP contribution in [-0.4, -0.2) is 70.0 Å². The summed E-state index contributed by atoms with van der Waals surface area (Å²) in [6.45, 7) is 2.18. The zero-order valence-corrected chi connectivity index (χ0v) is 23.9. The smallest absolute Gasteiger partial charge is 0.386 e. The quantitative estimate of drug-likeness (QED) is 0.206. The fourth-order valence-corrected chi connectivity index (χ4v) is 5.80. The van der Waals surface area contributed by atoms with Gasteiger partial charge in [0.1, 0.15) is 5.67 Å². The van der Waals surface area contributed by atoms with Crippen LogP contribution in [-0.2, 0) is 20.5 Å². The van der Waals surface area contributed by atoms with Crippen LogP contribution in [0.15, 0.2) is 30.3 Å². The van der Waals surface area contributed by atoms with Crippen LogP contribution >= 0.6 is 0 Å². The summed E-state index contributed by atoms with van der Waals surface area (Å²) in [5.41, 5.74) is -2.75. The highest BCUT2D eigenvalue weighted by Crippen LogP contribution is 2.40. The minimum atomic E-state index is -5.41. The lowest BCUT2D eigenvalue weighted by Gasteiger charge is -2.35. The van der Waals surface area contributed by atoms with Gasteiger partial charge in [0.05, 0.1) is 23.7 Å². The van der Waals surface area contributed by atoms with Crippen LogP contribution in [0.2, 0.25) is 0 Å². The lowest BCUT2D eigenvalue weighted by atomic mass is 9.96. The predicted octanol–water partition coefficient (Wildman–Crippen LogP) is 6.02. The molecular weight excluding hydrogens is 601 g/mol. The summed E-state index contributed by atoms with van der Waals surface area (Å²) in [5.74, 6) is -5.13. The average Bonchev–Trinajstić information content (AvgIpc) is 3.60. The first kappa shape index (κ1) is 33.4. The molecule has 1 saturated carbocycles. The molecular formula is C29H33F7N4O4. The monoisotopic (exact) mass is 634 g/mol. The van der Waals surface area contributed by atoms with Crippen molar-refractivity contribution in [3.05, 3.63) is 41.6 Å². The summed E-state index contributed by atoms with van der Waals surface area (Å²) in [6, 6.07) is 4.67. The number of halogens is 7. The van der Waals surface area contributed by atoms with Crippen LogP contribution in [0.3, 0.4) is 0 Å². The lowest BCUT2D eigenvalue weighted by molar-refractivity contribution is -0.202. The van der Waals surface area contributed by atoms with Crippen LogP contribution in [0.5, 0.6) is 0 Å². The van der Waals surface area contributed by atoms with Crippen LogP contribution in [0, 0.1) is 0 Å². The topological polar surface area (TPSA) is 93.5 Å². The number of amides is 1. The Bertz CT molecular complexity index is 1350. The summed E-state index contributed by atoms with van der Waals surface area (Å²) in [5, 5.41) is 6.84. The summed E-state index contributed by atoms with van der Waals surface area (Å²) >= 11 is 0. The third-order valence-electron chi connectivity index (χ3n) is 7.85. The normalized spacial score (nSPS) is 20.8. The first-order valence-electron chi connectivity index (χ1n) is 14.3. The molecule has 2 heterocycles. The van der Waals surface area contributed by atoms with Gasteiger partial charge in [-0.25, -0.2) is 9.18 Å². The summed E-state index contributed by atoms with van der Waals surface area (Å²) < 4.78 is 99.4. The van der Waals surface area contributed by atoms with E-state index in [0.29, 0.717) is 32.2 Å². The van der Waals surface area contributed by atoms with E-state index in [1.165, 1.54) is 35.9 Å². The second-order valence-electron chi connectivity index (χ2n) is 11.6. The molecule has 2 atom stereocenters. The fourth-order valence-electron chi connectivity index (χ4n) is 5.80. The molecule has 1 aliphatic heterocycles. The van der Waals surface area contributed by atoms with E-state index < -0.39 is 53.9 Å². The highest BCUT2D eigenvalue weighted by atomic mass is 19.4. The van der Waals surface area contributed by atoms with Crippen molar-refractivity contribution in [2.24, 2.45) is 0 Å². The van der Waals surface area contributed by atoms with Gasteiger partial charge in [-0.15, -0.1) is 0 Å². The number of nitrogens with zero attached hydrogens (tertiary/aromatic N) is 3. The Morgan fingerprint density at radius 3 is 2.41 bits per heavy atom. The molecule has 1 N–H and O–H groups in total. The van der Waals surface area contributed by atoms with Crippen molar-refractivity contribution in [2.75, 3.05) is 19.6 Å². The SMILES string of the molecule is CC1(F)CCCN(CC[C@@H](CC(=O)OC(=O)C(F)(F)F)NC(=O)c2cc(-c3ccccc3C(F)(F)F)n(C3CCCC3)n2)C1. The second-order valence-corrected chi connectivity index (χ2v) is 11.6. The number of likely N-dealkylation sites (tertiary alicyclic amines) is 1. The van der Waals surface area contributed by atoms with Gasteiger partial charge in [0, 0.05) is 24.7 Å². The third kappa shape index (κ3) is 8.57. The van der Waals surface area contributed by atoms with Gasteiger partial charge in [0.15, 0.2) is 5.69 Å². The zero-order valence-electron chi connectivity index (χ0n) is 23.9. The molecule has 2 aliphatic rings. The van der Waals surface area contributed by atoms with Crippen LogP contribution in [0.4, 0.5) is 30.7 Å². The Morgan fingerprint density at radius 1 is 1.09 bits per heavy atom. The second kappa shape index (κ2) is 13.2. The first-order chi connectivity index (χ1) is 20.5. The lowest BCUT2D eigenvalue weighted by Crippen LogP contribution is -2.46. The minimum absolute atomic E-state index is 0.0236. The predicted molar refractivity (Wildman–Crippen MR) is 143 cm³/mol. The molecule has 2 fully saturated rings. The fraction of sp³-hybridized carbons (Fsp3) is 0.586. The molecule has 1 unspecified atom stereocenters. The number of carbonyl (C=O) groups excluding carboxylic acids is 3. The van der Waals surface area contributed by atoms with Crippen molar-refractivity contribution in [1.29, 1.82) is 0 Å². The van der Waals surface area contributed by atoms with E-state index in [-0.39, 0.29) is 42.5 Å². The molecule has 15 heteroatoms. The Balaban J connectivity index is 1.59. The van der Waals surface area contributed by atoms with Crippen LogP contribution in [0.1, 0.15) is 80.4 Å². The molecule has 1 aromatic heterocycles. The van der Waals surface area contributed by atoms with Crippen molar-refractivity contribution < 1.29 is 49.9 Å². The summed E-state index contributed by atoms with van der Waals surface area (Å²) in [7, 11) is 0. The number of ether oxygens (including phenoxy) is 1. The van der Waals surface area contributed by atoms with E-state index in [1.807, 2.05) is 0 Å². The third-order valence-corrected chi connectivity index (χ3v) is 7.85. The number of nitrogens with one attached hydrogen (secondary N) is 1. The molecule has 44 heavy (non-hydrogen) atoms. The van der Waals surface area contributed by atoms with Crippen molar-refractivity contribution >= 4 is 17.8 Å². The molecule has 8 nitrogen and oxygen atoms in total. The number of aromatic nitrogens is 2. The maximum absolute atomic E-state index is 14.5. The van der Waals surface area contributed by atoms with E-state index in [1.54, 1.807) is 4.90 Å². The van der Waals surface area contributed by atoms with E-state index in [2.05, 4.69) is 15.2 Å². The molecule has 0 radical (unpaired) electrons. The maximum atomic E-state index is 14.5. The van der Waals surface area contributed by atoms with E-state index >= 15 is 0 Å². The van der Waals surface area contributed by atoms with Gasteiger partial charge in [-0.1, -0.05) is 31.0 Å². The maximum Gasteiger partial charge on any atom is 0.491 e. The number of hydrogen-bond donors (Lipinski definition) is 1. The molecule has 242 valence electrons. The number of rotatable bonds is 9. The standard InChI is InChI=1S/C29H33F7N4O4/c1-27(30)12-6-13-39(17-27)14-11-18(15-24(41)44-26(43)29(34,35)36)37-25(42)22-16-23(40(38-22)19-7-2-3-8-19)20-9-4-5-10-21(20)28(31,32)33/h4-5,9-10,16,18-19H,2-3,6-8,11-15,17H2,1H3,(H,37,42)/t18-,27?/m0/s1. The van der Waals surface area contributed by atoms with E-state index in [0.717, 1.165) is 18.9 Å². The van der Waals surface area contributed by atoms with E-state index in [9.17, 15) is 45.1 Å². The summed E-state index contributed by atoms with van der Waals surface area (Å²) in [6.07, 6.45) is -7.14. The molecule has 2 aromatic rings. The first-order valence-corrected chi connectivity index (χ1v) is 14.3. The van der Waals surface area contributed by atoms with Gasteiger partial charge in [0.25, 0.3) is 5.91 Å². The van der Waals surface area contributed by atoms with Gasteiger partial charge in [0.2, 0.25) is 0 Å². The number of esters is 2. The Kier molecular flexibility index (Phi) is 10.1. The van der Waals surface area contributed by atoms with Gasteiger partial charge in [-0.3, -0.25) is 14.3 Å². The van der Waals surface area contributed by atoms with Crippen LogP contribution < -0.4 is 5.32 Å². The van der Waals surface area contributed by atoms with Crippen molar-refractivity contribution in [2.45, 2.75) is 88.4 Å². The highest BCUT2D eigenvalue weighted by Gasteiger charge is 2.43. The summed E-state index contributed by atoms with van der Waals surface area (Å²) in [4.78, 5) is 38.5. The number of piperidine rings is 1. The molecule has 1 saturated heterocycles. The molecule has 4 rings (SSSR count). The molecule has 1 aromatic carbocycles. The van der Waals surface area contributed by atoms with Crippen LogP contribution in [0.25, 0.3) is 11.3 Å². The van der Waals surface area contributed by atoms with Gasteiger partial charge in [-0.05, 0) is 57.7 Å². The minimum Gasteiger partial charge on any atom is -0.386 e. The van der Waals surface area contributed by atoms with E-state index in [4.69, 9.17) is 0 Å². The number of benzene rings is 1. The number of alkyl halides is 7. The molecule has 0 spiro atoms. The Hall–Kier alpha value is -3.49. The number of hydrogen-bond acceptors (Lipinski definition) is 6. The Labute approximate surface area is 248 Å². The van der Waals surface area contributed by atoms with Gasteiger partial charge >= 0.3 is 24.3 Å². The zero-order chi connectivity index (χ0) is 32.3. The van der Waals surface area contributed by atoms with Crippen molar-refractivity contribution in [1.82, 2.24) is 20.0 Å². The largest absolute Gasteiger partial charge is 0.491 e. The van der Waals surface area contributed by atoms with Crippen molar-refractivity contribution in [3.8, 4) is 11.3 Å². The average molecular weight is 635 g/mol.